The Morgan fingerprint density at radius 2 is 1.65 bits per heavy atom. The molecule has 0 radical (unpaired) electrons. The van der Waals surface area contributed by atoms with Gasteiger partial charge in [0.15, 0.2) is 5.78 Å². The van der Waals surface area contributed by atoms with E-state index in [9.17, 15) is 9.59 Å². The number of benzene rings is 2. The number of hydrogen-bond donors (Lipinski definition) is 1. The van der Waals surface area contributed by atoms with Crippen LogP contribution in [-0.2, 0) is 11.2 Å². The van der Waals surface area contributed by atoms with Gasteiger partial charge in [-0.3, -0.25) is 9.59 Å². The number of para-hydroxylation sites is 1. The minimum absolute atomic E-state index is 0.0471. The highest BCUT2D eigenvalue weighted by atomic mass is 16.2. The van der Waals surface area contributed by atoms with Crippen LogP contribution in [0.5, 0.6) is 0 Å². The second kappa shape index (κ2) is 6.37. The van der Waals surface area contributed by atoms with Crippen LogP contribution >= 0.6 is 0 Å². The number of amides is 1. The lowest BCUT2D eigenvalue weighted by molar-refractivity contribution is -0.123. The van der Waals surface area contributed by atoms with Crippen LogP contribution in [0.2, 0.25) is 0 Å². The number of nitrogens with one attached hydrogen (secondary N) is 1. The summed E-state index contributed by atoms with van der Waals surface area (Å²) >= 11 is 0. The fourth-order valence-electron chi connectivity index (χ4n) is 3.29. The van der Waals surface area contributed by atoms with Crippen LogP contribution in [0.25, 0.3) is 0 Å². The van der Waals surface area contributed by atoms with Crippen molar-refractivity contribution in [3.63, 3.8) is 0 Å². The fraction of sp³-hybridized carbons (Fsp3) is 0.300. The Hall–Kier alpha value is -2.42. The monoisotopic (exact) mass is 307 g/mol. The summed E-state index contributed by atoms with van der Waals surface area (Å²) in [7, 11) is 0. The maximum absolute atomic E-state index is 13.2. The molecule has 0 spiro atoms. The first-order valence-electron chi connectivity index (χ1n) is 8.16. The molecule has 3 nitrogen and oxygen atoms in total. The van der Waals surface area contributed by atoms with Crippen molar-refractivity contribution < 1.29 is 9.59 Å². The van der Waals surface area contributed by atoms with E-state index in [1.807, 2.05) is 48.5 Å². The molecule has 0 aliphatic carbocycles. The third-order valence-electron chi connectivity index (χ3n) is 4.60. The van der Waals surface area contributed by atoms with Gasteiger partial charge in [-0.2, -0.15) is 0 Å². The van der Waals surface area contributed by atoms with Crippen molar-refractivity contribution in [2.24, 2.45) is 5.41 Å². The number of carbonyl (C=O) groups excluding carboxylic acids is 2. The largest absolute Gasteiger partial charge is 0.325 e. The van der Waals surface area contributed by atoms with Gasteiger partial charge >= 0.3 is 0 Å². The normalized spacial score (nSPS) is 20.0. The van der Waals surface area contributed by atoms with Gasteiger partial charge in [-0.25, -0.2) is 0 Å². The first-order valence-corrected chi connectivity index (χ1v) is 8.16. The van der Waals surface area contributed by atoms with Crippen LogP contribution in [0.3, 0.4) is 0 Å². The van der Waals surface area contributed by atoms with E-state index in [0.717, 1.165) is 18.4 Å². The van der Waals surface area contributed by atoms with Gasteiger partial charge in [0.25, 0.3) is 0 Å². The van der Waals surface area contributed by atoms with Crippen molar-refractivity contribution in [2.45, 2.75) is 32.6 Å². The van der Waals surface area contributed by atoms with Crippen molar-refractivity contribution in [3.05, 3.63) is 65.7 Å². The average molecular weight is 307 g/mol. The van der Waals surface area contributed by atoms with Crippen LogP contribution < -0.4 is 5.32 Å². The van der Waals surface area contributed by atoms with Crippen molar-refractivity contribution in [2.75, 3.05) is 5.32 Å². The van der Waals surface area contributed by atoms with E-state index in [2.05, 4.69) is 12.2 Å². The van der Waals surface area contributed by atoms with E-state index in [-0.39, 0.29) is 11.7 Å². The van der Waals surface area contributed by atoms with E-state index >= 15 is 0 Å². The second-order valence-corrected chi connectivity index (χ2v) is 6.18. The highest BCUT2D eigenvalue weighted by Crippen LogP contribution is 2.40. The van der Waals surface area contributed by atoms with Crippen molar-refractivity contribution in [1.82, 2.24) is 0 Å². The van der Waals surface area contributed by atoms with Crippen molar-refractivity contribution in [3.8, 4) is 0 Å². The van der Waals surface area contributed by atoms with Gasteiger partial charge < -0.3 is 5.32 Å². The van der Waals surface area contributed by atoms with Crippen molar-refractivity contribution >= 4 is 17.4 Å². The van der Waals surface area contributed by atoms with Crippen molar-refractivity contribution in [1.29, 1.82) is 0 Å². The molecule has 0 saturated carbocycles. The minimum Gasteiger partial charge on any atom is -0.325 e. The number of Topliss-reactive ketones (excluding diaryl/α,β-unsaturated/α-hetero) is 1. The molecule has 23 heavy (non-hydrogen) atoms. The summed E-state index contributed by atoms with van der Waals surface area (Å²) in [6.45, 7) is 2.08. The quantitative estimate of drug-likeness (QED) is 0.840. The molecule has 1 heterocycles. The van der Waals surface area contributed by atoms with Gasteiger partial charge in [-0.05, 0) is 30.5 Å². The Morgan fingerprint density at radius 3 is 2.39 bits per heavy atom. The van der Waals surface area contributed by atoms with Gasteiger partial charge in [0, 0.05) is 5.56 Å². The first-order chi connectivity index (χ1) is 11.2. The molecular formula is C20H21NO2. The molecular weight excluding hydrogens is 286 g/mol. The molecule has 0 unspecified atom stereocenters. The smallest absolute Gasteiger partial charge is 0.238 e. The van der Waals surface area contributed by atoms with E-state index in [4.69, 9.17) is 0 Å². The molecule has 3 heteroatoms. The summed E-state index contributed by atoms with van der Waals surface area (Å²) in [5.41, 5.74) is 1.28. The number of anilines is 1. The summed E-state index contributed by atoms with van der Waals surface area (Å²) in [6, 6.07) is 17.1. The molecule has 3 rings (SSSR count). The van der Waals surface area contributed by atoms with E-state index in [1.54, 1.807) is 6.07 Å². The van der Waals surface area contributed by atoms with Crippen LogP contribution in [-0.4, -0.2) is 11.7 Å². The van der Waals surface area contributed by atoms with E-state index in [1.165, 1.54) is 0 Å². The predicted molar refractivity (Wildman–Crippen MR) is 91.5 cm³/mol. The molecule has 0 bridgehead atoms. The molecule has 0 fully saturated rings. The Bertz CT molecular complexity index is 723. The van der Waals surface area contributed by atoms with Gasteiger partial charge in [0.2, 0.25) is 5.91 Å². The maximum atomic E-state index is 13.2. The van der Waals surface area contributed by atoms with Gasteiger partial charge in [-0.1, -0.05) is 62.2 Å². The fourth-order valence-corrected chi connectivity index (χ4v) is 3.29. The highest BCUT2D eigenvalue weighted by molar-refractivity contribution is 6.24. The number of ketones is 1. The lowest BCUT2D eigenvalue weighted by Gasteiger charge is -2.35. The number of hydrogen-bond acceptors (Lipinski definition) is 2. The molecule has 1 aliphatic rings. The Labute approximate surface area is 136 Å². The lowest BCUT2D eigenvalue weighted by atomic mass is 9.69. The van der Waals surface area contributed by atoms with Crippen LogP contribution in [0.15, 0.2) is 54.6 Å². The molecule has 1 aliphatic heterocycles. The SMILES string of the molecule is CCCC[C@]1(Cc2ccccc2)C(=O)Nc2ccccc2C1=O. The summed E-state index contributed by atoms with van der Waals surface area (Å²) in [6.07, 6.45) is 2.84. The topological polar surface area (TPSA) is 46.2 Å². The standard InChI is InChI=1S/C20H21NO2/c1-2-3-13-20(14-15-9-5-4-6-10-15)18(22)16-11-7-8-12-17(16)21-19(20)23/h4-12H,2-3,13-14H2,1H3,(H,21,23)/t20-/m1/s1. The van der Waals surface area contributed by atoms with Gasteiger partial charge in [-0.15, -0.1) is 0 Å². The lowest BCUT2D eigenvalue weighted by Crippen LogP contribution is -2.48. The Morgan fingerprint density at radius 1 is 0.957 bits per heavy atom. The Kier molecular flexibility index (Phi) is 4.28. The molecule has 0 saturated heterocycles. The predicted octanol–water partition coefficient (Wildman–Crippen LogP) is 4.24. The Balaban J connectivity index is 2.04. The molecule has 1 N–H and O–H groups in total. The number of fused-ring (bicyclic) bond motifs is 1. The summed E-state index contributed by atoms with van der Waals surface area (Å²) in [5.74, 6) is -0.215. The number of rotatable bonds is 5. The molecule has 1 atom stereocenters. The minimum atomic E-state index is -0.994. The second-order valence-electron chi connectivity index (χ2n) is 6.18. The van der Waals surface area contributed by atoms with Crippen LogP contribution in [0.4, 0.5) is 5.69 Å². The third-order valence-corrected chi connectivity index (χ3v) is 4.60. The summed E-state index contributed by atoms with van der Waals surface area (Å²) < 4.78 is 0. The molecule has 2 aromatic carbocycles. The zero-order valence-electron chi connectivity index (χ0n) is 13.3. The molecule has 2 aromatic rings. The van der Waals surface area contributed by atoms with Crippen LogP contribution in [0.1, 0.15) is 42.1 Å². The molecule has 1 amide bonds. The number of unbranched alkanes of at least 4 members (excludes halogenated alkanes) is 1. The van der Waals surface area contributed by atoms with Gasteiger partial charge in [0.05, 0.1) is 5.69 Å². The average Bonchev–Trinajstić information content (AvgIpc) is 2.58. The first kappa shape index (κ1) is 15.5. The summed E-state index contributed by atoms with van der Waals surface area (Å²) in [4.78, 5) is 26.1. The maximum Gasteiger partial charge on any atom is 0.238 e. The summed E-state index contributed by atoms with van der Waals surface area (Å²) in [5, 5.41) is 2.95. The molecule has 0 aromatic heterocycles. The van der Waals surface area contributed by atoms with Crippen LogP contribution in [0, 0.1) is 5.41 Å². The van der Waals surface area contributed by atoms with Gasteiger partial charge in [0.1, 0.15) is 5.41 Å². The molecule has 118 valence electrons. The highest BCUT2D eigenvalue weighted by Gasteiger charge is 2.48. The van der Waals surface area contributed by atoms with E-state index < -0.39 is 5.41 Å². The van der Waals surface area contributed by atoms with E-state index in [0.29, 0.717) is 24.1 Å². The number of carbonyl (C=O) groups is 2. The zero-order chi connectivity index (χ0) is 16.3. The third kappa shape index (κ3) is 2.79. The zero-order valence-corrected chi connectivity index (χ0v) is 13.3.